The second-order valence-corrected chi connectivity index (χ2v) is 3.78. The zero-order chi connectivity index (χ0) is 12.5. The third-order valence-corrected chi connectivity index (χ3v) is 2.63. The molecule has 0 aromatic heterocycles. The zero-order valence-electron chi connectivity index (χ0n) is 9.26. The van der Waals surface area contributed by atoms with Crippen molar-refractivity contribution >= 4 is 12.4 Å². The van der Waals surface area contributed by atoms with E-state index in [0.717, 1.165) is 6.07 Å². The minimum atomic E-state index is -4.69. The van der Waals surface area contributed by atoms with Crippen LogP contribution in [-0.4, -0.2) is 19.8 Å². The highest BCUT2D eigenvalue weighted by Gasteiger charge is 2.38. The van der Waals surface area contributed by atoms with Gasteiger partial charge in [0.2, 0.25) is 0 Å². The highest BCUT2D eigenvalue weighted by Crippen LogP contribution is 2.36. The fraction of sp³-hybridized carbons (Fsp3) is 0.455. The van der Waals surface area contributed by atoms with Gasteiger partial charge >= 0.3 is 6.18 Å². The van der Waals surface area contributed by atoms with E-state index < -0.39 is 23.6 Å². The van der Waals surface area contributed by atoms with Gasteiger partial charge in [0.05, 0.1) is 24.8 Å². The van der Waals surface area contributed by atoms with E-state index in [9.17, 15) is 17.6 Å². The van der Waals surface area contributed by atoms with Gasteiger partial charge < -0.3 is 10.1 Å². The number of morpholine rings is 1. The third kappa shape index (κ3) is 3.13. The lowest BCUT2D eigenvalue weighted by atomic mass is 9.99. The van der Waals surface area contributed by atoms with Crippen molar-refractivity contribution < 1.29 is 22.3 Å². The summed E-state index contributed by atoms with van der Waals surface area (Å²) in [4.78, 5) is 0. The van der Waals surface area contributed by atoms with Crippen molar-refractivity contribution in [2.24, 2.45) is 0 Å². The first-order valence-electron chi connectivity index (χ1n) is 5.17. The van der Waals surface area contributed by atoms with Gasteiger partial charge in [0.15, 0.2) is 0 Å². The van der Waals surface area contributed by atoms with Gasteiger partial charge in [0, 0.05) is 6.54 Å². The monoisotopic (exact) mass is 285 g/mol. The summed E-state index contributed by atoms with van der Waals surface area (Å²) in [5.74, 6) is -1.25. The van der Waals surface area contributed by atoms with Crippen LogP contribution in [0.4, 0.5) is 17.6 Å². The summed E-state index contributed by atoms with van der Waals surface area (Å²) >= 11 is 0. The van der Waals surface area contributed by atoms with E-state index in [4.69, 9.17) is 4.74 Å². The molecule has 2 rings (SSSR count). The van der Waals surface area contributed by atoms with Crippen molar-refractivity contribution in [2.45, 2.75) is 12.2 Å². The zero-order valence-corrected chi connectivity index (χ0v) is 10.1. The molecule has 7 heteroatoms. The fourth-order valence-electron chi connectivity index (χ4n) is 1.90. The topological polar surface area (TPSA) is 21.3 Å². The Morgan fingerprint density at radius 3 is 2.56 bits per heavy atom. The van der Waals surface area contributed by atoms with E-state index in [1.807, 2.05) is 0 Å². The maximum absolute atomic E-state index is 13.3. The lowest BCUT2D eigenvalue weighted by molar-refractivity contribution is -0.141. The first kappa shape index (κ1) is 15.2. The molecule has 0 radical (unpaired) electrons. The number of ether oxygens (including phenoxy) is 1. The number of rotatable bonds is 1. The van der Waals surface area contributed by atoms with E-state index >= 15 is 0 Å². The van der Waals surface area contributed by atoms with Gasteiger partial charge in [0.1, 0.15) is 5.82 Å². The van der Waals surface area contributed by atoms with Crippen LogP contribution in [0.25, 0.3) is 0 Å². The molecule has 0 amide bonds. The predicted octanol–water partition coefficient (Wildman–Crippen LogP) is 2.93. The maximum Gasteiger partial charge on any atom is 0.419 e. The molecular formula is C11H12ClF4NO. The van der Waals surface area contributed by atoms with Crippen LogP contribution in [0.15, 0.2) is 18.2 Å². The summed E-state index contributed by atoms with van der Waals surface area (Å²) in [6, 6.07) is 2.75. The van der Waals surface area contributed by atoms with Crippen LogP contribution in [-0.2, 0) is 10.9 Å². The van der Waals surface area contributed by atoms with E-state index in [-0.39, 0.29) is 24.6 Å². The average Bonchev–Trinajstić information content (AvgIpc) is 2.28. The molecule has 1 heterocycles. The first-order valence-corrected chi connectivity index (χ1v) is 5.17. The highest BCUT2D eigenvalue weighted by molar-refractivity contribution is 5.85. The van der Waals surface area contributed by atoms with Crippen molar-refractivity contribution in [3.05, 3.63) is 35.1 Å². The number of hydrogen-bond acceptors (Lipinski definition) is 2. The summed E-state index contributed by atoms with van der Waals surface area (Å²) < 4.78 is 56.7. The molecule has 102 valence electrons. The lowest BCUT2D eigenvalue weighted by Gasteiger charge is -2.26. The van der Waals surface area contributed by atoms with E-state index in [1.165, 1.54) is 12.1 Å². The van der Waals surface area contributed by atoms with Crippen LogP contribution in [0.5, 0.6) is 0 Å². The Balaban J connectivity index is 0.00000162. The minimum absolute atomic E-state index is 0. The number of halogens is 5. The van der Waals surface area contributed by atoms with Gasteiger partial charge in [-0.25, -0.2) is 4.39 Å². The van der Waals surface area contributed by atoms with Gasteiger partial charge in [-0.2, -0.15) is 13.2 Å². The standard InChI is InChI=1S/C11H11F4NO.ClH/c12-8-3-1-2-7(10(8)11(13,14)15)9-6-17-5-4-16-9;/h1-3,9,16H,4-6H2;1H/t9-;/m0./s1. The Labute approximate surface area is 108 Å². The molecule has 0 aliphatic carbocycles. The van der Waals surface area contributed by atoms with E-state index in [0.29, 0.717) is 13.2 Å². The second-order valence-electron chi connectivity index (χ2n) is 3.78. The molecule has 1 atom stereocenters. The molecule has 0 bridgehead atoms. The van der Waals surface area contributed by atoms with E-state index in [1.54, 1.807) is 0 Å². The molecule has 1 fully saturated rings. The van der Waals surface area contributed by atoms with Crippen LogP contribution in [0.2, 0.25) is 0 Å². The summed E-state index contributed by atoms with van der Waals surface area (Å²) in [6.07, 6.45) is -4.69. The van der Waals surface area contributed by atoms with Crippen molar-refractivity contribution in [1.82, 2.24) is 5.32 Å². The smallest absolute Gasteiger partial charge is 0.378 e. The van der Waals surface area contributed by atoms with Gasteiger partial charge in [0.25, 0.3) is 0 Å². The van der Waals surface area contributed by atoms with Gasteiger partial charge in [-0.05, 0) is 11.6 Å². The Bertz CT molecular complexity index is 405. The molecule has 1 aromatic rings. The van der Waals surface area contributed by atoms with Crippen molar-refractivity contribution in [1.29, 1.82) is 0 Å². The molecule has 1 aliphatic rings. The maximum atomic E-state index is 13.3. The number of alkyl halides is 3. The van der Waals surface area contributed by atoms with Crippen molar-refractivity contribution in [2.75, 3.05) is 19.8 Å². The molecular weight excluding hydrogens is 274 g/mol. The first-order chi connectivity index (χ1) is 8.00. The van der Waals surface area contributed by atoms with Crippen LogP contribution >= 0.6 is 12.4 Å². The molecule has 1 aliphatic heterocycles. The number of benzene rings is 1. The average molecular weight is 286 g/mol. The number of hydrogen-bond donors (Lipinski definition) is 1. The summed E-state index contributed by atoms with van der Waals surface area (Å²) in [5, 5.41) is 2.88. The quantitative estimate of drug-likeness (QED) is 0.801. The summed E-state index contributed by atoms with van der Waals surface area (Å²) in [6.45, 7) is 1.03. The molecule has 0 unspecified atom stereocenters. The Morgan fingerprint density at radius 2 is 2.00 bits per heavy atom. The predicted molar refractivity (Wildman–Crippen MR) is 60.2 cm³/mol. The Kier molecular flexibility index (Phi) is 4.95. The van der Waals surface area contributed by atoms with Gasteiger partial charge in [-0.1, -0.05) is 12.1 Å². The SMILES string of the molecule is Cl.Fc1cccc([C@@H]2COCCN2)c1C(F)(F)F. The van der Waals surface area contributed by atoms with E-state index in [2.05, 4.69) is 5.32 Å². The van der Waals surface area contributed by atoms with Crippen LogP contribution in [0.1, 0.15) is 17.2 Å². The van der Waals surface area contributed by atoms with Crippen molar-refractivity contribution in [3.63, 3.8) is 0 Å². The highest BCUT2D eigenvalue weighted by atomic mass is 35.5. The molecule has 1 N–H and O–H groups in total. The Morgan fingerprint density at radius 1 is 1.28 bits per heavy atom. The second kappa shape index (κ2) is 5.86. The summed E-state index contributed by atoms with van der Waals surface area (Å²) in [7, 11) is 0. The van der Waals surface area contributed by atoms with Crippen molar-refractivity contribution in [3.8, 4) is 0 Å². The van der Waals surface area contributed by atoms with Crippen LogP contribution < -0.4 is 5.32 Å². The molecule has 2 nitrogen and oxygen atoms in total. The molecule has 0 saturated carbocycles. The molecule has 1 saturated heterocycles. The van der Waals surface area contributed by atoms with Gasteiger partial charge in [-0.15, -0.1) is 12.4 Å². The normalized spacial score (nSPS) is 20.3. The van der Waals surface area contributed by atoms with Crippen LogP contribution in [0.3, 0.4) is 0 Å². The number of nitrogens with one attached hydrogen (secondary N) is 1. The molecule has 18 heavy (non-hydrogen) atoms. The third-order valence-electron chi connectivity index (χ3n) is 2.63. The fourth-order valence-corrected chi connectivity index (χ4v) is 1.90. The lowest BCUT2D eigenvalue weighted by Crippen LogP contribution is -2.36. The largest absolute Gasteiger partial charge is 0.419 e. The van der Waals surface area contributed by atoms with Crippen LogP contribution in [0, 0.1) is 5.82 Å². The minimum Gasteiger partial charge on any atom is -0.378 e. The molecule has 0 spiro atoms. The van der Waals surface area contributed by atoms with Gasteiger partial charge in [-0.3, -0.25) is 0 Å². The molecule has 1 aromatic carbocycles. The summed E-state index contributed by atoms with van der Waals surface area (Å²) in [5.41, 5.74) is -1.31. The Hall–Kier alpha value is -0.850.